The number of H-pyrrole nitrogens is 1. The molecule has 1 heterocycles. The van der Waals surface area contributed by atoms with Crippen molar-refractivity contribution < 1.29 is 9.90 Å². The lowest BCUT2D eigenvalue weighted by atomic mass is 10.4. The predicted molar refractivity (Wildman–Crippen MR) is 69.3 cm³/mol. The third kappa shape index (κ3) is 3.10. The normalized spacial score (nSPS) is 10.4. The lowest BCUT2D eigenvalue weighted by molar-refractivity contribution is 0.0691. The maximum absolute atomic E-state index is 10.7. The van der Waals surface area contributed by atoms with Crippen LogP contribution in [0.25, 0.3) is 0 Å². The predicted octanol–water partition coefficient (Wildman–Crippen LogP) is 3.16. The van der Waals surface area contributed by atoms with Gasteiger partial charge in [0.15, 0.2) is 0 Å². The molecule has 4 nitrogen and oxygen atoms in total. The minimum absolute atomic E-state index is 0.118. The molecule has 17 heavy (non-hydrogen) atoms. The Morgan fingerprint density at radius 1 is 1.47 bits per heavy atom. The molecule has 0 aliphatic rings. The number of thioether (sulfide) groups is 1. The highest BCUT2D eigenvalue weighted by Crippen LogP contribution is 2.28. The molecule has 6 heteroatoms. The van der Waals surface area contributed by atoms with Crippen LogP contribution in [0.3, 0.4) is 0 Å². The summed E-state index contributed by atoms with van der Waals surface area (Å²) in [6, 6.07) is 7.87. The molecule has 0 saturated heterocycles. The first-order valence-electron chi connectivity index (χ1n) is 4.81. The van der Waals surface area contributed by atoms with Gasteiger partial charge in [-0.1, -0.05) is 12.1 Å². The molecule has 0 unspecified atom stereocenters. The number of rotatable bonds is 4. The number of aromatic amines is 1. The van der Waals surface area contributed by atoms with Crippen LogP contribution in [0.15, 0.2) is 39.8 Å². The molecule has 0 radical (unpaired) electrons. The van der Waals surface area contributed by atoms with Crippen molar-refractivity contribution in [2.24, 2.45) is 0 Å². The maximum Gasteiger partial charge on any atom is 0.353 e. The van der Waals surface area contributed by atoms with E-state index in [2.05, 4.69) is 25.9 Å². The van der Waals surface area contributed by atoms with E-state index in [9.17, 15) is 4.79 Å². The van der Waals surface area contributed by atoms with Gasteiger partial charge < -0.3 is 10.1 Å². The minimum Gasteiger partial charge on any atom is -0.477 e. The first-order chi connectivity index (χ1) is 8.16. The van der Waals surface area contributed by atoms with E-state index in [1.54, 1.807) is 11.8 Å². The molecule has 0 amide bonds. The number of aromatic nitrogens is 2. The molecule has 0 saturated carbocycles. The van der Waals surface area contributed by atoms with Crippen molar-refractivity contribution in [1.29, 1.82) is 0 Å². The molecule has 0 spiro atoms. The second-order valence-electron chi connectivity index (χ2n) is 3.27. The van der Waals surface area contributed by atoms with Crippen LogP contribution < -0.4 is 0 Å². The number of carbonyl (C=O) groups is 1. The summed E-state index contributed by atoms with van der Waals surface area (Å²) in [6.45, 7) is 0. The number of benzene rings is 1. The van der Waals surface area contributed by atoms with E-state index in [0.717, 1.165) is 9.37 Å². The average molecular weight is 313 g/mol. The molecule has 0 fully saturated rings. The third-order valence-electron chi connectivity index (χ3n) is 2.06. The first kappa shape index (κ1) is 12.2. The summed E-state index contributed by atoms with van der Waals surface area (Å²) in [5, 5.41) is 8.74. The van der Waals surface area contributed by atoms with Gasteiger partial charge in [-0.15, -0.1) is 11.8 Å². The molecule has 88 valence electrons. The highest BCUT2D eigenvalue weighted by atomic mass is 79.9. The lowest BCUT2D eigenvalue weighted by Crippen LogP contribution is -1.96. The van der Waals surface area contributed by atoms with Gasteiger partial charge in [-0.05, 0) is 28.1 Å². The number of carboxylic acid groups (broad SMARTS) is 1. The Balaban J connectivity index is 2.02. The summed E-state index contributed by atoms with van der Waals surface area (Å²) in [7, 11) is 0. The zero-order chi connectivity index (χ0) is 12.3. The highest BCUT2D eigenvalue weighted by molar-refractivity contribution is 9.10. The van der Waals surface area contributed by atoms with Crippen LogP contribution in [0.4, 0.5) is 0 Å². The van der Waals surface area contributed by atoms with Crippen molar-refractivity contribution in [3.8, 4) is 0 Å². The Morgan fingerprint density at radius 3 is 2.88 bits per heavy atom. The Morgan fingerprint density at radius 2 is 2.24 bits per heavy atom. The molecule has 2 aromatic rings. The molecule has 0 aliphatic carbocycles. The van der Waals surface area contributed by atoms with Gasteiger partial charge in [0.2, 0.25) is 0 Å². The summed E-state index contributed by atoms with van der Waals surface area (Å²) in [5.74, 6) is 0.272. The number of hydrogen-bond donors (Lipinski definition) is 2. The number of nitrogens with one attached hydrogen (secondary N) is 1. The van der Waals surface area contributed by atoms with Gasteiger partial charge in [0.1, 0.15) is 11.5 Å². The second-order valence-corrected chi connectivity index (χ2v) is 5.14. The van der Waals surface area contributed by atoms with E-state index in [0.29, 0.717) is 11.6 Å². The number of carboxylic acids is 1. The summed E-state index contributed by atoms with van der Waals surface area (Å²) in [6.07, 6.45) is 1.33. The summed E-state index contributed by atoms with van der Waals surface area (Å²) in [5.41, 5.74) is 0.118. The van der Waals surface area contributed by atoms with Crippen LogP contribution in [0.1, 0.15) is 16.3 Å². The number of imidazole rings is 1. The van der Waals surface area contributed by atoms with Crippen molar-refractivity contribution in [1.82, 2.24) is 9.97 Å². The summed E-state index contributed by atoms with van der Waals surface area (Å²) in [4.78, 5) is 18.5. The van der Waals surface area contributed by atoms with Crippen LogP contribution in [0.2, 0.25) is 0 Å². The van der Waals surface area contributed by atoms with Gasteiger partial charge in [-0.2, -0.15) is 0 Å². The van der Waals surface area contributed by atoms with Gasteiger partial charge in [-0.25, -0.2) is 9.78 Å². The van der Waals surface area contributed by atoms with E-state index < -0.39 is 5.97 Å². The molecular weight excluding hydrogens is 304 g/mol. The summed E-state index contributed by atoms with van der Waals surface area (Å²) >= 11 is 5.04. The van der Waals surface area contributed by atoms with Crippen LogP contribution in [0, 0.1) is 0 Å². The fraction of sp³-hybridized carbons (Fsp3) is 0.0909. The topological polar surface area (TPSA) is 66.0 Å². The van der Waals surface area contributed by atoms with E-state index in [-0.39, 0.29) is 5.69 Å². The molecule has 1 aromatic heterocycles. The maximum atomic E-state index is 10.7. The van der Waals surface area contributed by atoms with Crippen LogP contribution in [-0.2, 0) is 5.75 Å². The lowest BCUT2D eigenvalue weighted by Gasteiger charge is -2.01. The number of nitrogens with zero attached hydrogens (tertiary/aromatic N) is 1. The van der Waals surface area contributed by atoms with Crippen molar-refractivity contribution in [2.45, 2.75) is 10.6 Å². The van der Waals surface area contributed by atoms with E-state index in [1.165, 1.54) is 6.20 Å². The van der Waals surface area contributed by atoms with Crippen LogP contribution in [0.5, 0.6) is 0 Å². The molecule has 2 N–H and O–H groups in total. The molecular formula is C11H9BrN2O2S. The highest BCUT2D eigenvalue weighted by Gasteiger charge is 2.08. The second kappa shape index (κ2) is 5.37. The zero-order valence-electron chi connectivity index (χ0n) is 8.68. The molecule has 2 rings (SSSR count). The molecule has 1 aromatic carbocycles. The Hall–Kier alpha value is -1.27. The van der Waals surface area contributed by atoms with Crippen molar-refractivity contribution in [3.63, 3.8) is 0 Å². The molecule has 0 aliphatic heterocycles. The van der Waals surface area contributed by atoms with Gasteiger partial charge in [0, 0.05) is 9.37 Å². The number of halogens is 1. The largest absolute Gasteiger partial charge is 0.477 e. The monoisotopic (exact) mass is 312 g/mol. The molecule has 0 atom stereocenters. The van der Waals surface area contributed by atoms with E-state index in [1.807, 2.05) is 24.3 Å². The van der Waals surface area contributed by atoms with Crippen molar-refractivity contribution >= 4 is 33.7 Å². The SMILES string of the molecule is O=C(O)c1cnc(CSc2ccccc2Br)[nH]1. The zero-order valence-corrected chi connectivity index (χ0v) is 11.1. The Bertz CT molecular complexity index is 542. The number of hydrogen-bond acceptors (Lipinski definition) is 3. The number of aromatic carboxylic acids is 1. The van der Waals surface area contributed by atoms with Gasteiger partial charge in [0.25, 0.3) is 0 Å². The smallest absolute Gasteiger partial charge is 0.353 e. The van der Waals surface area contributed by atoms with Crippen molar-refractivity contribution in [3.05, 3.63) is 46.5 Å². The van der Waals surface area contributed by atoms with Gasteiger partial charge in [0.05, 0.1) is 11.9 Å². The summed E-state index contributed by atoms with van der Waals surface area (Å²) < 4.78 is 1.02. The van der Waals surface area contributed by atoms with E-state index in [4.69, 9.17) is 5.11 Å². The standard InChI is InChI=1S/C11H9BrN2O2S/c12-7-3-1-2-4-9(7)17-6-10-13-5-8(14-10)11(15)16/h1-5H,6H2,(H,13,14)(H,15,16). The van der Waals surface area contributed by atoms with Gasteiger partial charge >= 0.3 is 5.97 Å². The van der Waals surface area contributed by atoms with Crippen LogP contribution in [-0.4, -0.2) is 21.0 Å². The quantitative estimate of drug-likeness (QED) is 0.851. The fourth-order valence-electron chi connectivity index (χ4n) is 1.25. The van der Waals surface area contributed by atoms with Crippen molar-refractivity contribution in [2.75, 3.05) is 0 Å². The first-order valence-corrected chi connectivity index (χ1v) is 6.59. The fourth-order valence-corrected chi connectivity index (χ4v) is 2.70. The Labute approximate surface area is 111 Å². The Kier molecular flexibility index (Phi) is 3.86. The molecule has 0 bridgehead atoms. The minimum atomic E-state index is -0.991. The van der Waals surface area contributed by atoms with E-state index >= 15 is 0 Å². The van der Waals surface area contributed by atoms with Gasteiger partial charge in [-0.3, -0.25) is 0 Å². The average Bonchev–Trinajstić information content (AvgIpc) is 2.77. The third-order valence-corrected chi connectivity index (χ3v) is 4.10. The van der Waals surface area contributed by atoms with Crippen LogP contribution >= 0.6 is 27.7 Å².